The zero-order valence-corrected chi connectivity index (χ0v) is 15.4. The molecule has 1 aromatic carbocycles. The third-order valence-corrected chi connectivity index (χ3v) is 6.40. The maximum Gasteiger partial charge on any atom is 0.243 e. The van der Waals surface area contributed by atoms with Gasteiger partial charge >= 0.3 is 0 Å². The number of anilines is 1. The number of benzene rings is 1. The van der Waals surface area contributed by atoms with E-state index in [1.807, 2.05) is 0 Å². The molecule has 2 fully saturated rings. The van der Waals surface area contributed by atoms with E-state index in [1.54, 1.807) is 29.6 Å². The predicted octanol–water partition coefficient (Wildman–Crippen LogP) is 2.32. The highest BCUT2D eigenvalue weighted by Gasteiger charge is 2.27. The molecule has 8 heteroatoms. The number of thiocarbonyl (C=S) groups is 1. The Morgan fingerprint density at radius 3 is 2.58 bits per heavy atom. The molecule has 0 radical (unpaired) electrons. The molecule has 1 aliphatic heterocycles. The second-order valence-corrected chi connectivity index (χ2v) is 8.55. The predicted molar refractivity (Wildman–Crippen MR) is 98.0 cm³/mol. The largest absolute Gasteiger partial charge is 0.495 e. The van der Waals surface area contributed by atoms with E-state index < -0.39 is 10.0 Å². The van der Waals surface area contributed by atoms with Crippen LogP contribution in [-0.2, 0) is 10.0 Å². The summed E-state index contributed by atoms with van der Waals surface area (Å²) in [7, 11) is -1.93. The van der Waals surface area contributed by atoms with Gasteiger partial charge in [0.05, 0.1) is 17.7 Å². The van der Waals surface area contributed by atoms with Crippen LogP contribution in [0.5, 0.6) is 5.75 Å². The highest BCUT2D eigenvalue weighted by Crippen LogP contribution is 2.30. The Kier molecular flexibility index (Phi) is 5.27. The van der Waals surface area contributed by atoms with E-state index in [2.05, 4.69) is 10.6 Å². The van der Waals surface area contributed by atoms with Gasteiger partial charge in [0.15, 0.2) is 5.11 Å². The zero-order valence-electron chi connectivity index (χ0n) is 13.7. The molecule has 0 atom stereocenters. The van der Waals surface area contributed by atoms with Gasteiger partial charge in [0, 0.05) is 19.1 Å². The fourth-order valence-electron chi connectivity index (χ4n) is 2.77. The minimum absolute atomic E-state index is 0.266. The molecule has 132 valence electrons. The quantitative estimate of drug-likeness (QED) is 0.776. The van der Waals surface area contributed by atoms with Crippen LogP contribution in [0.2, 0.25) is 0 Å². The van der Waals surface area contributed by atoms with Crippen molar-refractivity contribution in [2.24, 2.45) is 0 Å². The molecule has 0 spiro atoms. The molecule has 2 aliphatic rings. The molecule has 6 nitrogen and oxygen atoms in total. The van der Waals surface area contributed by atoms with Crippen molar-refractivity contribution in [2.45, 2.75) is 43.0 Å². The Morgan fingerprint density at radius 1 is 1.25 bits per heavy atom. The van der Waals surface area contributed by atoms with Gasteiger partial charge in [-0.2, -0.15) is 4.31 Å². The van der Waals surface area contributed by atoms with E-state index in [4.69, 9.17) is 17.0 Å². The van der Waals surface area contributed by atoms with Crippen LogP contribution in [0, 0.1) is 0 Å². The topological polar surface area (TPSA) is 70.7 Å². The van der Waals surface area contributed by atoms with Crippen LogP contribution in [0.3, 0.4) is 0 Å². The van der Waals surface area contributed by atoms with Crippen molar-refractivity contribution >= 4 is 33.0 Å². The molecule has 2 N–H and O–H groups in total. The van der Waals surface area contributed by atoms with Crippen LogP contribution in [0.25, 0.3) is 0 Å². The standard InChI is InChI=1S/C16H23N3O3S2/c1-22-15-8-7-13(24(20,21)19-9-3-2-4-10-19)11-14(15)18-16(23)17-12-5-6-12/h7-8,11-12H,2-6,9-10H2,1H3,(H2,17,18,23). The Morgan fingerprint density at radius 2 is 1.96 bits per heavy atom. The van der Waals surface area contributed by atoms with Crippen LogP contribution in [0.15, 0.2) is 23.1 Å². The number of piperidine rings is 1. The van der Waals surface area contributed by atoms with Gasteiger partial charge in [0.25, 0.3) is 0 Å². The van der Waals surface area contributed by atoms with Gasteiger partial charge in [0.1, 0.15) is 5.75 Å². The fourth-order valence-corrected chi connectivity index (χ4v) is 4.59. The number of methoxy groups -OCH3 is 1. The number of nitrogens with one attached hydrogen (secondary N) is 2. The lowest BCUT2D eigenvalue weighted by Gasteiger charge is -2.26. The average Bonchev–Trinajstić information content (AvgIpc) is 3.39. The highest BCUT2D eigenvalue weighted by atomic mass is 32.2. The molecular formula is C16H23N3O3S2. The number of hydrogen-bond acceptors (Lipinski definition) is 4. The average molecular weight is 370 g/mol. The van der Waals surface area contributed by atoms with Crippen LogP contribution in [0.4, 0.5) is 5.69 Å². The van der Waals surface area contributed by atoms with Crippen molar-refractivity contribution < 1.29 is 13.2 Å². The van der Waals surface area contributed by atoms with Gasteiger partial charge in [0.2, 0.25) is 10.0 Å². The normalized spacial score (nSPS) is 18.9. The summed E-state index contributed by atoms with van der Waals surface area (Å²) in [5.74, 6) is 0.563. The Bertz CT molecular complexity index is 711. The van der Waals surface area contributed by atoms with Crippen LogP contribution in [-0.4, -0.2) is 44.1 Å². The van der Waals surface area contributed by atoms with Crippen LogP contribution < -0.4 is 15.4 Å². The van der Waals surface area contributed by atoms with Crippen LogP contribution >= 0.6 is 12.2 Å². The van der Waals surface area contributed by atoms with Crippen molar-refractivity contribution in [3.8, 4) is 5.75 Å². The lowest BCUT2D eigenvalue weighted by Crippen LogP contribution is -2.35. The van der Waals surface area contributed by atoms with Gasteiger partial charge in [-0.25, -0.2) is 8.42 Å². The summed E-state index contributed by atoms with van der Waals surface area (Å²) in [5.41, 5.74) is 0.564. The van der Waals surface area contributed by atoms with E-state index >= 15 is 0 Å². The molecule has 24 heavy (non-hydrogen) atoms. The molecule has 1 saturated carbocycles. The minimum Gasteiger partial charge on any atom is -0.495 e. The second kappa shape index (κ2) is 7.25. The molecule has 0 aromatic heterocycles. The molecule has 3 rings (SSSR count). The van der Waals surface area contributed by atoms with E-state index in [0.717, 1.165) is 32.1 Å². The number of hydrogen-bond donors (Lipinski definition) is 2. The van der Waals surface area contributed by atoms with Gasteiger partial charge in [-0.05, 0) is 56.1 Å². The van der Waals surface area contributed by atoms with Crippen molar-refractivity contribution in [1.29, 1.82) is 0 Å². The molecule has 0 unspecified atom stereocenters. The number of rotatable bonds is 5. The van der Waals surface area contributed by atoms with Crippen molar-refractivity contribution in [3.05, 3.63) is 18.2 Å². The van der Waals surface area contributed by atoms with Crippen molar-refractivity contribution in [1.82, 2.24) is 9.62 Å². The van der Waals surface area contributed by atoms with Crippen LogP contribution in [0.1, 0.15) is 32.1 Å². The molecule has 1 aromatic rings. The maximum absolute atomic E-state index is 12.8. The third kappa shape index (κ3) is 3.99. The first-order valence-corrected chi connectivity index (χ1v) is 10.1. The first kappa shape index (κ1) is 17.4. The zero-order chi connectivity index (χ0) is 17.2. The van der Waals surface area contributed by atoms with Crippen molar-refractivity contribution in [2.75, 3.05) is 25.5 Å². The molecule has 1 aliphatic carbocycles. The first-order chi connectivity index (χ1) is 11.5. The van der Waals surface area contributed by atoms with E-state index in [0.29, 0.717) is 35.7 Å². The number of ether oxygens (including phenoxy) is 1. The molecule has 1 heterocycles. The van der Waals surface area contributed by atoms with Gasteiger partial charge in [-0.3, -0.25) is 0 Å². The van der Waals surface area contributed by atoms with Gasteiger partial charge in [-0.1, -0.05) is 6.42 Å². The van der Waals surface area contributed by atoms with E-state index in [9.17, 15) is 8.42 Å². The summed E-state index contributed by atoms with van der Waals surface area (Å²) >= 11 is 5.28. The Balaban J connectivity index is 1.82. The summed E-state index contributed by atoms with van der Waals surface area (Å²) in [6.07, 6.45) is 5.14. The summed E-state index contributed by atoms with van der Waals surface area (Å²) < 4.78 is 32.5. The highest BCUT2D eigenvalue weighted by molar-refractivity contribution is 7.89. The summed E-state index contributed by atoms with van der Waals surface area (Å²) in [5, 5.41) is 6.73. The third-order valence-electron chi connectivity index (χ3n) is 4.28. The first-order valence-electron chi connectivity index (χ1n) is 8.26. The van der Waals surface area contributed by atoms with Gasteiger partial charge < -0.3 is 15.4 Å². The lowest BCUT2D eigenvalue weighted by molar-refractivity contribution is 0.346. The Hall–Kier alpha value is -1.38. The monoisotopic (exact) mass is 369 g/mol. The minimum atomic E-state index is -3.48. The molecule has 0 bridgehead atoms. The fraction of sp³-hybridized carbons (Fsp3) is 0.562. The molecule has 0 amide bonds. The van der Waals surface area contributed by atoms with E-state index in [-0.39, 0.29) is 4.90 Å². The second-order valence-electron chi connectivity index (χ2n) is 6.20. The SMILES string of the molecule is COc1ccc(S(=O)(=O)N2CCCCC2)cc1NC(=S)NC1CC1. The summed E-state index contributed by atoms with van der Waals surface area (Å²) in [4.78, 5) is 0.266. The van der Waals surface area contributed by atoms with Gasteiger partial charge in [-0.15, -0.1) is 0 Å². The summed E-state index contributed by atoms with van der Waals surface area (Å²) in [6, 6.07) is 5.28. The summed E-state index contributed by atoms with van der Waals surface area (Å²) in [6.45, 7) is 1.16. The molecular weight excluding hydrogens is 346 g/mol. The maximum atomic E-state index is 12.8. The van der Waals surface area contributed by atoms with Crippen molar-refractivity contribution in [3.63, 3.8) is 0 Å². The number of sulfonamides is 1. The number of nitrogens with zero attached hydrogens (tertiary/aromatic N) is 1. The van der Waals surface area contributed by atoms with E-state index in [1.165, 1.54) is 0 Å². The lowest BCUT2D eigenvalue weighted by atomic mass is 10.2. The Labute approximate surface area is 148 Å². The smallest absolute Gasteiger partial charge is 0.243 e. The molecule has 1 saturated heterocycles.